The summed E-state index contributed by atoms with van der Waals surface area (Å²) in [4.78, 5) is 16.5. The minimum Gasteiger partial charge on any atom is -0.383 e. The van der Waals surface area contributed by atoms with Crippen LogP contribution < -0.4 is 11.1 Å². The van der Waals surface area contributed by atoms with Gasteiger partial charge in [0.15, 0.2) is 0 Å². The molecule has 21 heavy (non-hydrogen) atoms. The molecular formula is C17H15N3O. The molecule has 0 atom stereocenters. The Kier molecular flexibility index (Phi) is 3.51. The number of nitrogens with one attached hydrogen (secondary N) is 1. The van der Waals surface area contributed by atoms with Crippen molar-refractivity contribution in [1.29, 1.82) is 0 Å². The van der Waals surface area contributed by atoms with E-state index >= 15 is 0 Å². The van der Waals surface area contributed by atoms with Gasteiger partial charge < -0.3 is 11.1 Å². The first kappa shape index (κ1) is 13.1. The summed E-state index contributed by atoms with van der Waals surface area (Å²) in [6.07, 6.45) is 1.53. The Morgan fingerprint density at radius 3 is 2.43 bits per heavy atom. The number of hydrogen-bond donors (Lipinski definition) is 2. The number of rotatable bonds is 3. The molecular weight excluding hydrogens is 262 g/mol. The van der Waals surface area contributed by atoms with Crippen LogP contribution in [0.2, 0.25) is 0 Å². The van der Waals surface area contributed by atoms with Crippen molar-refractivity contribution < 1.29 is 4.79 Å². The van der Waals surface area contributed by atoms with Gasteiger partial charge in [0.2, 0.25) is 0 Å². The Balaban J connectivity index is 1.87. The lowest BCUT2D eigenvalue weighted by atomic mass is 10.1. The number of nitrogen functional groups attached to an aromatic ring is 1. The van der Waals surface area contributed by atoms with Crippen LogP contribution in [0.4, 0.5) is 5.82 Å². The summed E-state index contributed by atoms with van der Waals surface area (Å²) in [5, 5.41) is 4.52. The molecule has 0 radical (unpaired) electrons. The molecule has 0 saturated heterocycles. The lowest BCUT2D eigenvalue weighted by Crippen LogP contribution is -2.23. The lowest BCUT2D eigenvalue weighted by Gasteiger charge is -2.09. The van der Waals surface area contributed by atoms with E-state index in [1.807, 2.05) is 54.6 Å². The van der Waals surface area contributed by atoms with Crippen molar-refractivity contribution in [2.45, 2.75) is 6.54 Å². The molecule has 3 aromatic rings. The Morgan fingerprint density at radius 2 is 1.67 bits per heavy atom. The maximum absolute atomic E-state index is 12.4. The molecule has 0 unspecified atom stereocenters. The largest absolute Gasteiger partial charge is 0.383 e. The second kappa shape index (κ2) is 5.63. The third-order valence-electron chi connectivity index (χ3n) is 3.37. The van der Waals surface area contributed by atoms with Crippen molar-refractivity contribution in [2.75, 3.05) is 5.73 Å². The van der Waals surface area contributed by atoms with Crippen LogP contribution >= 0.6 is 0 Å². The van der Waals surface area contributed by atoms with E-state index in [2.05, 4.69) is 10.3 Å². The monoisotopic (exact) mass is 277 g/mol. The maximum Gasteiger partial charge on any atom is 0.253 e. The second-order valence-corrected chi connectivity index (χ2v) is 4.77. The molecule has 3 N–H and O–H groups in total. The fourth-order valence-electron chi connectivity index (χ4n) is 2.27. The average Bonchev–Trinajstić information content (AvgIpc) is 2.54. The lowest BCUT2D eigenvalue weighted by molar-refractivity contribution is 0.0952. The van der Waals surface area contributed by atoms with Crippen molar-refractivity contribution in [1.82, 2.24) is 10.3 Å². The summed E-state index contributed by atoms with van der Waals surface area (Å²) in [6, 6.07) is 17.3. The smallest absolute Gasteiger partial charge is 0.253 e. The first-order valence-electron chi connectivity index (χ1n) is 6.71. The average molecular weight is 277 g/mol. The third-order valence-corrected chi connectivity index (χ3v) is 3.37. The number of aromatic nitrogens is 1. The molecule has 0 bridgehead atoms. The molecule has 0 fully saturated rings. The summed E-state index contributed by atoms with van der Waals surface area (Å²) >= 11 is 0. The number of amides is 1. The van der Waals surface area contributed by atoms with Crippen molar-refractivity contribution in [3.63, 3.8) is 0 Å². The Hall–Kier alpha value is -2.88. The van der Waals surface area contributed by atoms with Gasteiger partial charge in [-0.3, -0.25) is 4.79 Å². The van der Waals surface area contributed by atoms with Gasteiger partial charge in [-0.1, -0.05) is 54.6 Å². The highest BCUT2D eigenvalue weighted by Gasteiger charge is 2.11. The highest BCUT2D eigenvalue weighted by molar-refractivity contribution is 6.08. The van der Waals surface area contributed by atoms with E-state index in [4.69, 9.17) is 5.73 Å². The number of fused-ring (bicyclic) bond motifs is 1. The van der Waals surface area contributed by atoms with Crippen LogP contribution in [-0.4, -0.2) is 10.9 Å². The Morgan fingerprint density at radius 1 is 1.00 bits per heavy atom. The number of nitrogens with two attached hydrogens (primary N) is 1. The minimum absolute atomic E-state index is 0.150. The summed E-state index contributed by atoms with van der Waals surface area (Å²) < 4.78 is 0. The number of pyridine rings is 1. The van der Waals surface area contributed by atoms with E-state index in [1.165, 1.54) is 6.20 Å². The normalized spacial score (nSPS) is 10.5. The summed E-state index contributed by atoms with van der Waals surface area (Å²) in [6.45, 7) is 0.485. The molecule has 0 spiro atoms. The van der Waals surface area contributed by atoms with Crippen molar-refractivity contribution in [2.24, 2.45) is 0 Å². The van der Waals surface area contributed by atoms with Crippen LogP contribution in [-0.2, 0) is 6.54 Å². The molecule has 4 heteroatoms. The molecule has 0 aliphatic heterocycles. The third kappa shape index (κ3) is 2.69. The molecule has 3 rings (SSSR count). The van der Waals surface area contributed by atoms with Gasteiger partial charge in [0.1, 0.15) is 5.82 Å². The van der Waals surface area contributed by atoms with Gasteiger partial charge in [0.25, 0.3) is 5.91 Å². The molecule has 4 nitrogen and oxygen atoms in total. The molecule has 1 heterocycles. The molecule has 0 saturated carbocycles. The number of anilines is 1. The molecule has 1 amide bonds. The zero-order valence-electron chi connectivity index (χ0n) is 11.4. The fraction of sp³-hybridized carbons (Fsp3) is 0.0588. The zero-order chi connectivity index (χ0) is 14.7. The second-order valence-electron chi connectivity index (χ2n) is 4.77. The van der Waals surface area contributed by atoms with E-state index in [1.54, 1.807) is 0 Å². The predicted octanol–water partition coefficient (Wildman–Crippen LogP) is 2.75. The van der Waals surface area contributed by atoms with Crippen LogP contribution in [0.15, 0.2) is 60.8 Å². The molecule has 1 aromatic heterocycles. The van der Waals surface area contributed by atoms with Crippen LogP contribution in [0.1, 0.15) is 15.9 Å². The number of benzene rings is 2. The van der Waals surface area contributed by atoms with Gasteiger partial charge in [-0.25, -0.2) is 4.98 Å². The van der Waals surface area contributed by atoms with Gasteiger partial charge in [-0.15, -0.1) is 0 Å². The number of carbonyl (C=O) groups excluding carboxylic acids is 1. The van der Waals surface area contributed by atoms with E-state index in [9.17, 15) is 4.79 Å². The first-order chi connectivity index (χ1) is 10.3. The molecule has 104 valence electrons. The van der Waals surface area contributed by atoms with E-state index < -0.39 is 0 Å². The molecule has 0 aliphatic rings. The fourth-order valence-corrected chi connectivity index (χ4v) is 2.27. The van der Waals surface area contributed by atoms with Crippen molar-refractivity contribution >= 4 is 22.5 Å². The number of carbonyl (C=O) groups is 1. The zero-order valence-corrected chi connectivity index (χ0v) is 11.4. The Labute approximate surface area is 122 Å². The van der Waals surface area contributed by atoms with E-state index in [0.29, 0.717) is 17.9 Å². The SMILES string of the molecule is Nc1ncc(C(=O)NCc2ccccc2)c2ccccc12. The number of hydrogen-bond acceptors (Lipinski definition) is 3. The van der Waals surface area contributed by atoms with Gasteiger partial charge in [-0.05, 0) is 10.9 Å². The van der Waals surface area contributed by atoms with Crippen LogP contribution in [0, 0.1) is 0 Å². The van der Waals surface area contributed by atoms with Crippen molar-refractivity contribution in [3.05, 3.63) is 71.9 Å². The van der Waals surface area contributed by atoms with Gasteiger partial charge in [0, 0.05) is 18.1 Å². The Bertz CT molecular complexity index is 784. The van der Waals surface area contributed by atoms with Gasteiger partial charge >= 0.3 is 0 Å². The van der Waals surface area contributed by atoms with Gasteiger partial charge in [0.05, 0.1) is 5.56 Å². The van der Waals surface area contributed by atoms with Gasteiger partial charge in [-0.2, -0.15) is 0 Å². The standard InChI is InChI=1S/C17H15N3O/c18-16-14-9-5-4-8-13(14)15(11-19-16)17(21)20-10-12-6-2-1-3-7-12/h1-9,11H,10H2,(H2,18,19)(H,20,21). The number of nitrogens with zero attached hydrogens (tertiary/aromatic N) is 1. The minimum atomic E-state index is -0.150. The predicted molar refractivity (Wildman–Crippen MR) is 83.8 cm³/mol. The van der Waals surface area contributed by atoms with Crippen molar-refractivity contribution in [3.8, 4) is 0 Å². The topological polar surface area (TPSA) is 68.0 Å². The molecule has 2 aromatic carbocycles. The first-order valence-corrected chi connectivity index (χ1v) is 6.71. The quantitative estimate of drug-likeness (QED) is 0.773. The van der Waals surface area contributed by atoms with E-state index in [-0.39, 0.29) is 5.91 Å². The van der Waals surface area contributed by atoms with Crippen LogP contribution in [0.25, 0.3) is 10.8 Å². The highest BCUT2D eigenvalue weighted by atomic mass is 16.1. The van der Waals surface area contributed by atoms with Crippen LogP contribution in [0.3, 0.4) is 0 Å². The highest BCUT2D eigenvalue weighted by Crippen LogP contribution is 2.22. The maximum atomic E-state index is 12.4. The molecule has 0 aliphatic carbocycles. The summed E-state index contributed by atoms with van der Waals surface area (Å²) in [7, 11) is 0. The van der Waals surface area contributed by atoms with E-state index in [0.717, 1.165) is 16.3 Å². The summed E-state index contributed by atoms with van der Waals surface area (Å²) in [5.74, 6) is 0.285. The van der Waals surface area contributed by atoms with Crippen LogP contribution in [0.5, 0.6) is 0 Å². The summed E-state index contributed by atoms with van der Waals surface area (Å²) in [5.41, 5.74) is 7.44.